The number of hydrogen-bond acceptors (Lipinski definition) is 6. The molecular formula is C18H15ClN4O2. The first kappa shape index (κ1) is 16.9. The van der Waals surface area contributed by atoms with Crippen LogP contribution in [0.2, 0.25) is 5.15 Å². The van der Waals surface area contributed by atoms with E-state index < -0.39 is 5.97 Å². The first-order chi connectivity index (χ1) is 12.2. The Hall–Kier alpha value is -2.99. The van der Waals surface area contributed by atoms with Gasteiger partial charge in [-0.05, 0) is 31.2 Å². The summed E-state index contributed by atoms with van der Waals surface area (Å²) in [7, 11) is 0. The SMILES string of the molecule is CCOC(=O)c1c(Cl)nc(-c2ccccn2)nc1Nc1ccccc1. The zero-order valence-corrected chi connectivity index (χ0v) is 14.2. The number of carbonyl (C=O) groups is 1. The number of carbonyl (C=O) groups excluding carboxylic acids is 1. The predicted octanol–water partition coefficient (Wildman–Crippen LogP) is 4.11. The molecule has 0 saturated heterocycles. The van der Waals surface area contributed by atoms with Gasteiger partial charge in [-0.15, -0.1) is 0 Å². The Morgan fingerprint density at radius 1 is 1.12 bits per heavy atom. The Balaban J connectivity index is 2.10. The second kappa shape index (κ2) is 7.72. The molecule has 6 nitrogen and oxygen atoms in total. The highest BCUT2D eigenvalue weighted by Gasteiger charge is 2.22. The van der Waals surface area contributed by atoms with Gasteiger partial charge in [0.15, 0.2) is 11.6 Å². The van der Waals surface area contributed by atoms with Crippen LogP contribution in [-0.2, 0) is 4.74 Å². The van der Waals surface area contributed by atoms with Gasteiger partial charge < -0.3 is 10.1 Å². The van der Waals surface area contributed by atoms with Crippen molar-refractivity contribution in [2.75, 3.05) is 11.9 Å². The maximum absolute atomic E-state index is 12.3. The maximum Gasteiger partial charge on any atom is 0.345 e. The maximum atomic E-state index is 12.3. The zero-order chi connectivity index (χ0) is 17.6. The van der Waals surface area contributed by atoms with E-state index in [1.807, 2.05) is 36.4 Å². The molecule has 0 aliphatic heterocycles. The largest absolute Gasteiger partial charge is 0.462 e. The van der Waals surface area contributed by atoms with E-state index in [1.165, 1.54) is 0 Å². The molecule has 3 aromatic rings. The molecule has 2 heterocycles. The van der Waals surface area contributed by atoms with E-state index >= 15 is 0 Å². The van der Waals surface area contributed by atoms with E-state index in [-0.39, 0.29) is 23.1 Å². The summed E-state index contributed by atoms with van der Waals surface area (Å²) in [6.45, 7) is 1.95. The first-order valence-corrected chi connectivity index (χ1v) is 8.05. The third-order valence-electron chi connectivity index (χ3n) is 3.27. The number of anilines is 2. The predicted molar refractivity (Wildman–Crippen MR) is 96.0 cm³/mol. The summed E-state index contributed by atoms with van der Waals surface area (Å²) < 4.78 is 5.07. The molecule has 0 atom stereocenters. The number of aromatic nitrogens is 3. The molecule has 0 spiro atoms. The molecule has 0 amide bonds. The second-order valence-electron chi connectivity index (χ2n) is 4.99. The third kappa shape index (κ3) is 3.92. The van der Waals surface area contributed by atoms with Crippen LogP contribution >= 0.6 is 11.6 Å². The minimum Gasteiger partial charge on any atom is -0.462 e. The summed E-state index contributed by atoms with van der Waals surface area (Å²) in [6.07, 6.45) is 1.64. The molecule has 0 aliphatic rings. The monoisotopic (exact) mass is 354 g/mol. The van der Waals surface area contributed by atoms with Gasteiger partial charge in [0.2, 0.25) is 0 Å². The van der Waals surface area contributed by atoms with Gasteiger partial charge in [-0.25, -0.2) is 14.8 Å². The topological polar surface area (TPSA) is 77.0 Å². The second-order valence-corrected chi connectivity index (χ2v) is 5.35. The molecular weight excluding hydrogens is 340 g/mol. The number of ether oxygens (including phenoxy) is 1. The normalized spacial score (nSPS) is 10.3. The summed E-state index contributed by atoms with van der Waals surface area (Å²) in [6, 6.07) is 14.7. The minimum atomic E-state index is -0.585. The molecule has 2 aromatic heterocycles. The van der Waals surface area contributed by atoms with Crippen LogP contribution in [0.25, 0.3) is 11.5 Å². The lowest BCUT2D eigenvalue weighted by atomic mass is 10.2. The van der Waals surface area contributed by atoms with E-state index in [1.54, 1.807) is 25.3 Å². The van der Waals surface area contributed by atoms with Crippen molar-refractivity contribution in [2.24, 2.45) is 0 Å². The van der Waals surface area contributed by atoms with Gasteiger partial charge in [-0.1, -0.05) is 35.9 Å². The summed E-state index contributed by atoms with van der Waals surface area (Å²) in [5.74, 6) is 0.000819. The van der Waals surface area contributed by atoms with Gasteiger partial charge >= 0.3 is 5.97 Å². The van der Waals surface area contributed by atoms with E-state index in [2.05, 4.69) is 20.3 Å². The quantitative estimate of drug-likeness (QED) is 0.548. The average Bonchev–Trinajstić information content (AvgIpc) is 2.63. The molecule has 0 bridgehead atoms. The highest BCUT2D eigenvalue weighted by atomic mass is 35.5. The van der Waals surface area contributed by atoms with Crippen molar-refractivity contribution in [1.82, 2.24) is 15.0 Å². The highest BCUT2D eigenvalue weighted by Crippen LogP contribution is 2.28. The lowest BCUT2D eigenvalue weighted by molar-refractivity contribution is 0.0527. The number of para-hydroxylation sites is 1. The molecule has 0 aliphatic carbocycles. The Morgan fingerprint density at radius 2 is 1.88 bits per heavy atom. The summed E-state index contributed by atoms with van der Waals surface area (Å²) in [5, 5.41) is 3.11. The number of pyridine rings is 1. The van der Waals surface area contributed by atoms with Crippen LogP contribution in [0, 0.1) is 0 Å². The molecule has 0 radical (unpaired) electrons. The fourth-order valence-electron chi connectivity index (χ4n) is 2.18. The van der Waals surface area contributed by atoms with Crippen molar-refractivity contribution >= 4 is 29.1 Å². The summed E-state index contributed by atoms with van der Waals surface area (Å²) >= 11 is 6.26. The zero-order valence-electron chi connectivity index (χ0n) is 13.4. The molecule has 0 fully saturated rings. The number of nitrogens with zero attached hydrogens (tertiary/aromatic N) is 3. The average molecular weight is 355 g/mol. The van der Waals surface area contributed by atoms with Crippen molar-refractivity contribution < 1.29 is 9.53 Å². The van der Waals surface area contributed by atoms with E-state index in [0.717, 1.165) is 5.69 Å². The molecule has 1 aromatic carbocycles. The van der Waals surface area contributed by atoms with Crippen LogP contribution in [0.15, 0.2) is 54.7 Å². The van der Waals surface area contributed by atoms with Crippen LogP contribution in [-0.4, -0.2) is 27.5 Å². The molecule has 126 valence electrons. The van der Waals surface area contributed by atoms with Crippen LogP contribution in [0.5, 0.6) is 0 Å². The summed E-state index contributed by atoms with van der Waals surface area (Å²) in [4.78, 5) is 25.1. The lowest BCUT2D eigenvalue weighted by Gasteiger charge is -2.13. The van der Waals surface area contributed by atoms with Crippen molar-refractivity contribution in [3.63, 3.8) is 0 Å². The van der Waals surface area contributed by atoms with E-state index in [0.29, 0.717) is 11.5 Å². The van der Waals surface area contributed by atoms with Crippen molar-refractivity contribution in [1.29, 1.82) is 0 Å². The van der Waals surface area contributed by atoms with Crippen molar-refractivity contribution in [3.05, 3.63) is 65.4 Å². The van der Waals surface area contributed by atoms with Crippen molar-refractivity contribution in [3.8, 4) is 11.5 Å². The molecule has 25 heavy (non-hydrogen) atoms. The number of esters is 1. The lowest BCUT2D eigenvalue weighted by Crippen LogP contribution is -2.12. The minimum absolute atomic E-state index is 0.00698. The van der Waals surface area contributed by atoms with Crippen LogP contribution in [0.4, 0.5) is 11.5 Å². The van der Waals surface area contributed by atoms with Crippen molar-refractivity contribution in [2.45, 2.75) is 6.92 Å². The van der Waals surface area contributed by atoms with Gasteiger partial charge in [0.1, 0.15) is 16.4 Å². The molecule has 1 N–H and O–H groups in total. The Bertz CT molecular complexity index is 873. The fraction of sp³-hybridized carbons (Fsp3) is 0.111. The van der Waals surface area contributed by atoms with Crippen LogP contribution < -0.4 is 5.32 Å². The molecule has 0 unspecified atom stereocenters. The van der Waals surface area contributed by atoms with E-state index in [9.17, 15) is 4.79 Å². The Kier molecular flexibility index (Phi) is 5.20. The number of benzene rings is 1. The van der Waals surface area contributed by atoms with Gasteiger partial charge in [0.25, 0.3) is 0 Å². The standard InChI is InChI=1S/C18H15ClN4O2/c1-2-25-18(24)14-15(19)22-16(13-10-6-7-11-20-13)23-17(14)21-12-8-4-3-5-9-12/h3-11H,2H2,1H3,(H,21,22,23). The number of hydrogen-bond donors (Lipinski definition) is 1. The van der Waals surface area contributed by atoms with Gasteiger partial charge in [-0.2, -0.15) is 0 Å². The highest BCUT2D eigenvalue weighted by molar-refractivity contribution is 6.33. The third-order valence-corrected chi connectivity index (χ3v) is 3.55. The molecule has 7 heteroatoms. The number of nitrogens with one attached hydrogen (secondary N) is 1. The Labute approximate surface area is 149 Å². The summed E-state index contributed by atoms with van der Waals surface area (Å²) in [5.41, 5.74) is 1.40. The molecule has 0 saturated carbocycles. The van der Waals surface area contributed by atoms with E-state index in [4.69, 9.17) is 16.3 Å². The smallest absolute Gasteiger partial charge is 0.345 e. The van der Waals surface area contributed by atoms with Gasteiger partial charge in [0.05, 0.1) is 6.61 Å². The van der Waals surface area contributed by atoms with Gasteiger partial charge in [-0.3, -0.25) is 4.98 Å². The first-order valence-electron chi connectivity index (χ1n) is 7.67. The van der Waals surface area contributed by atoms with Gasteiger partial charge in [0, 0.05) is 11.9 Å². The number of rotatable bonds is 5. The number of halogens is 1. The van der Waals surface area contributed by atoms with Crippen LogP contribution in [0.3, 0.4) is 0 Å². The van der Waals surface area contributed by atoms with Crippen LogP contribution in [0.1, 0.15) is 17.3 Å². The Morgan fingerprint density at radius 3 is 2.56 bits per heavy atom. The molecule has 3 rings (SSSR count). The fourth-order valence-corrected chi connectivity index (χ4v) is 2.42.